The van der Waals surface area contributed by atoms with E-state index >= 15 is 0 Å². The molecule has 1 aliphatic rings. The molecule has 1 amide bonds. The zero-order valence-corrected chi connectivity index (χ0v) is 12.1. The average Bonchev–Trinajstić information content (AvgIpc) is 2.38. The molecule has 5 nitrogen and oxygen atoms in total. The smallest absolute Gasteiger partial charge is 0.255 e. The summed E-state index contributed by atoms with van der Waals surface area (Å²) in [5, 5.41) is 3.42. The minimum absolute atomic E-state index is 0.107. The van der Waals surface area contributed by atoms with E-state index in [1.807, 2.05) is 0 Å². The Balaban J connectivity index is 2.35. The van der Waals surface area contributed by atoms with Gasteiger partial charge in [0.2, 0.25) is 0 Å². The SMILES string of the molecule is CS(=O)(=O)c1ccc(Cl)c(C(=O)N2CCNCC2)c1. The Bertz CT molecular complexity index is 595. The highest BCUT2D eigenvalue weighted by Gasteiger charge is 2.21. The van der Waals surface area contributed by atoms with Gasteiger partial charge >= 0.3 is 0 Å². The van der Waals surface area contributed by atoms with Crippen LogP contribution in [0, 0.1) is 0 Å². The number of rotatable bonds is 2. The van der Waals surface area contributed by atoms with Gasteiger partial charge in [0, 0.05) is 32.4 Å². The van der Waals surface area contributed by atoms with E-state index in [4.69, 9.17) is 11.6 Å². The number of nitrogens with one attached hydrogen (secondary N) is 1. The molecule has 2 rings (SSSR count). The second-order valence-corrected chi connectivity index (χ2v) is 6.88. The monoisotopic (exact) mass is 302 g/mol. The summed E-state index contributed by atoms with van der Waals surface area (Å²) in [7, 11) is -3.35. The Morgan fingerprint density at radius 3 is 2.53 bits per heavy atom. The Hall–Kier alpha value is -1.11. The molecule has 1 saturated heterocycles. The Morgan fingerprint density at radius 1 is 1.32 bits per heavy atom. The van der Waals surface area contributed by atoms with Crippen LogP contribution in [-0.2, 0) is 9.84 Å². The van der Waals surface area contributed by atoms with E-state index in [-0.39, 0.29) is 21.4 Å². The van der Waals surface area contributed by atoms with Crippen molar-refractivity contribution in [1.82, 2.24) is 10.2 Å². The first-order valence-corrected chi connectivity index (χ1v) is 8.16. The lowest BCUT2D eigenvalue weighted by molar-refractivity contribution is 0.0735. The summed E-state index contributed by atoms with van der Waals surface area (Å²) in [5.74, 6) is -0.225. The number of sulfone groups is 1. The molecule has 19 heavy (non-hydrogen) atoms. The van der Waals surface area contributed by atoms with Crippen molar-refractivity contribution in [2.75, 3.05) is 32.4 Å². The number of halogens is 1. The molecule has 1 aromatic rings. The van der Waals surface area contributed by atoms with Crippen LogP contribution in [0.1, 0.15) is 10.4 Å². The van der Waals surface area contributed by atoms with Crippen molar-refractivity contribution in [3.05, 3.63) is 28.8 Å². The molecule has 0 aromatic heterocycles. The first-order chi connectivity index (χ1) is 8.89. The molecule has 0 radical (unpaired) electrons. The van der Waals surface area contributed by atoms with E-state index in [9.17, 15) is 13.2 Å². The highest BCUT2D eigenvalue weighted by Crippen LogP contribution is 2.22. The van der Waals surface area contributed by atoms with E-state index in [1.54, 1.807) is 4.90 Å². The van der Waals surface area contributed by atoms with Crippen LogP contribution in [0.5, 0.6) is 0 Å². The summed E-state index contributed by atoms with van der Waals surface area (Å²) in [4.78, 5) is 14.1. The molecule has 1 fully saturated rings. The maximum atomic E-state index is 12.3. The number of piperazine rings is 1. The lowest BCUT2D eigenvalue weighted by Crippen LogP contribution is -2.46. The minimum Gasteiger partial charge on any atom is -0.336 e. The first kappa shape index (κ1) is 14.3. The molecular weight excluding hydrogens is 288 g/mol. The largest absolute Gasteiger partial charge is 0.336 e. The van der Waals surface area contributed by atoms with Gasteiger partial charge in [-0.05, 0) is 18.2 Å². The van der Waals surface area contributed by atoms with Gasteiger partial charge in [-0.1, -0.05) is 11.6 Å². The number of hydrogen-bond acceptors (Lipinski definition) is 4. The van der Waals surface area contributed by atoms with Crippen LogP contribution >= 0.6 is 11.6 Å². The Kier molecular flexibility index (Phi) is 4.13. The van der Waals surface area contributed by atoms with Crippen LogP contribution in [0.4, 0.5) is 0 Å². The third-order valence-corrected chi connectivity index (χ3v) is 4.44. The van der Waals surface area contributed by atoms with Crippen LogP contribution in [0.15, 0.2) is 23.1 Å². The highest BCUT2D eigenvalue weighted by atomic mass is 35.5. The molecule has 0 spiro atoms. The van der Waals surface area contributed by atoms with Crippen LogP contribution < -0.4 is 5.32 Å². The number of carbonyl (C=O) groups is 1. The van der Waals surface area contributed by atoms with Gasteiger partial charge in [0.1, 0.15) is 0 Å². The van der Waals surface area contributed by atoms with Gasteiger partial charge < -0.3 is 10.2 Å². The molecule has 0 aliphatic carbocycles. The van der Waals surface area contributed by atoms with Crippen molar-refractivity contribution >= 4 is 27.3 Å². The zero-order chi connectivity index (χ0) is 14.0. The number of nitrogens with zero attached hydrogens (tertiary/aromatic N) is 1. The molecule has 7 heteroatoms. The lowest BCUT2D eigenvalue weighted by Gasteiger charge is -2.27. The van der Waals surface area contributed by atoms with E-state index in [1.165, 1.54) is 18.2 Å². The molecule has 0 saturated carbocycles. The highest BCUT2D eigenvalue weighted by molar-refractivity contribution is 7.90. The fourth-order valence-corrected chi connectivity index (χ4v) is 2.78. The summed E-state index contributed by atoms with van der Waals surface area (Å²) < 4.78 is 23.0. The summed E-state index contributed by atoms with van der Waals surface area (Å²) in [6, 6.07) is 4.21. The maximum absolute atomic E-state index is 12.3. The fourth-order valence-electron chi connectivity index (χ4n) is 1.94. The van der Waals surface area contributed by atoms with Crippen LogP contribution in [-0.4, -0.2) is 51.7 Å². The Morgan fingerprint density at radius 2 is 1.95 bits per heavy atom. The van der Waals surface area contributed by atoms with Crippen molar-refractivity contribution in [1.29, 1.82) is 0 Å². The summed E-state index contributed by atoms with van der Waals surface area (Å²) in [6.07, 6.45) is 1.11. The molecule has 1 heterocycles. The van der Waals surface area contributed by atoms with Crippen molar-refractivity contribution < 1.29 is 13.2 Å². The van der Waals surface area contributed by atoms with E-state index in [0.29, 0.717) is 13.1 Å². The average molecular weight is 303 g/mol. The van der Waals surface area contributed by atoms with Crippen molar-refractivity contribution in [3.8, 4) is 0 Å². The second-order valence-electron chi connectivity index (χ2n) is 4.46. The minimum atomic E-state index is -3.35. The van der Waals surface area contributed by atoms with Crippen molar-refractivity contribution in [3.63, 3.8) is 0 Å². The van der Waals surface area contributed by atoms with Gasteiger partial charge in [0.25, 0.3) is 5.91 Å². The van der Waals surface area contributed by atoms with E-state index < -0.39 is 9.84 Å². The van der Waals surface area contributed by atoms with Gasteiger partial charge in [0.05, 0.1) is 15.5 Å². The molecule has 1 aromatic carbocycles. The summed E-state index contributed by atoms with van der Waals surface area (Å²) in [5.41, 5.74) is 0.242. The quantitative estimate of drug-likeness (QED) is 0.877. The number of benzene rings is 1. The molecule has 104 valence electrons. The first-order valence-electron chi connectivity index (χ1n) is 5.89. The lowest BCUT2D eigenvalue weighted by atomic mass is 10.2. The zero-order valence-electron chi connectivity index (χ0n) is 10.5. The normalized spacial score (nSPS) is 16.4. The molecule has 0 unspecified atom stereocenters. The standard InChI is InChI=1S/C12H15ClN2O3S/c1-19(17,18)9-2-3-11(13)10(8-9)12(16)15-6-4-14-5-7-15/h2-3,8,14H,4-7H2,1H3. The number of amides is 1. The van der Waals surface area contributed by atoms with Crippen LogP contribution in [0.3, 0.4) is 0 Å². The maximum Gasteiger partial charge on any atom is 0.255 e. The second kappa shape index (κ2) is 5.48. The predicted molar refractivity (Wildman–Crippen MR) is 73.3 cm³/mol. The van der Waals surface area contributed by atoms with Crippen LogP contribution in [0.2, 0.25) is 5.02 Å². The molecule has 0 bridgehead atoms. The van der Waals surface area contributed by atoms with Gasteiger partial charge in [-0.25, -0.2) is 8.42 Å². The number of hydrogen-bond donors (Lipinski definition) is 1. The van der Waals surface area contributed by atoms with Gasteiger partial charge in [-0.3, -0.25) is 4.79 Å². The molecular formula is C12H15ClN2O3S. The molecule has 0 atom stereocenters. The van der Waals surface area contributed by atoms with Crippen molar-refractivity contribution in [2.24, 2.45) is 0 Å². The topological polar surface area (TPSA) is 66.5 Å². The molecule has 1 aliphatic heterocycles. The van der Waals surface area contributed by atoms with Gasteiger partial charge in [-0.2, -0.15) is 0 Å². The summed E-state index contributed by atoms with van der Waals surface area (Å²) >= 11 is 6.00. The van der Waals surface area contributed by atoms with Crippen LogP contribution in [0.25, 0.3) is 0 Å². The number of carbonyl (C=O) groups excluding carboxylic acids is 1. The van der Waals surface area contributed by atoms with Gasteiger partial charge in [0.15, 0.2) is 9.84 Å². The third kappa shape index (κ3) is 3.26. The fraction of sp³-hybridized carbons (Fsp3) is 0.417. The Labute approximate surface area is 117 Å². The van der Waals surface area contributed by atoms with E-state index in [0.717, 1.165) is 19.3 Å². The summed E-state index contributed by atoms with van der Waals surface area (Å²) in [6.45, 7) is 2.65. The van der Waals surface area contributed by atoms with E-state index in [2.05, 4.69) is 5.32 Å². The predicted octanol–water partition coefficient (Wildman–Crippen LogP) is 0.789. The van der Waals surface area contributed by atoms with Crippen molar-refractivity contribution in [2.45, 2.75) is 4.90 Å². The van der Waals surface area contributed by atoms with Gasteiger partial charge in [-0.15, -0.1) is 0 Å². The molecule has 1 N–H and O–H groups in total. The third-order valence-electron chi connectivity index (χ3n) is 3.00.